The third-order valence-corrected chi connectivity index (χ3v) is 4.07. The maximum atomic E-state index is 14.0. The van der Waals surface area contributed by atoms with Crippen LogP contribution in [0.3, 0.4) is 0 Å². The molecule has 3 rings (SSSR count). The first-order valence-electron chi connectivity index (χ1n) is 6.57. The molecule has 2 aromatic carbocycles. The number of carbonyl (C=O) groups excluding carboxylic acids is 1. The molecule has 0 fully saturated rings. The highest BCUT2D eigenvalue weighted by atomic mass is 79.9. The van der Waals surface area contributed by atoms with Gasteiger partial charge in [-0.3, -0.25) is 4.79 Å². The summed E-state index contributed by atoms with van der Waals surface area (Å²) in [6.07, 6.45) is 0.384. The van der Waals surface area contributed by atoms with Gasteiger partial charge in [0.25, 0.3) is 0 Å². The van der Waals surface area contributed by atoms with Gasteiger partial charge in [0.15, 0.2) is 12.1 Å². The van der Waals surface area contributed by atoms with Crippen LogP contribution >= 0.6 is 15.9 Å². The second kappa shape index (κ2) is 6.20. The van der Waals surface area contributed by atoms with Crippen LogP contribution in [0.1, 0.15) is 10.4 Å². The number of aromatic nitrogens is 2. The molecular formula is C16H7BrF4N2O. The van der Waals surface area contributed by atoms with Gasteiger partial charge >= 0.3 is 0 Å². The number of rotatable bonds is 3. The first-order valence-corrected chi connectivity index (χ1v) is 7.36. The van der Waals surface area contributed by atoms with E-state index in [-0.39, 0.29) is 27.1 Å². The van der Waals surface area contributed by atoms with Crippen molar-refractivity contribution in [1.29, 1.82) is 0 Å². The summed E-state index contributed by atoms with van der Waals surface area (Å²) in [5.74, 6) is -3.23. The van der Waals surface area contributed by atoms with E-state index in [2.05, 4.69) is 21.0 Å². The third kappa shape index (κ3) is 2.73. The summed E-state index contributed by atoms with van der Waals surface area (Å²) in [5.41, 5.74) is -0.672. The minimum absolute atomic E-state index is 0.0293. The molecular weight excluding hydrogens is 392 g/mol. The first-order chi connectivity index (χ1) is 11.4. The van der Waals surface area contributed by atoms with Crippen molar-refractivity contribution >= 4 is 22.2 Å². The Bertz CT molecular complexity index is 955. The Balaban J connectivity index is 2.27. The van der Waals surface area contributed by atoms with Crippen LogP contribution in [-0.4, -0.2) is 16.1 Å². The van der Waals surface area contributed by atoms with E-state index in [1.165, 1.54) is 0 Å². The molecule has 0 spiro atoms. The number of aldehydes is 1. The van der Waals surface area contributed by atoms with Crippen molar-refractivity contribution in [2.24, 2.45) is 0 Å². The number of halogens is 5. The van der Waals surface area contributed by atoms with Crippen molar-refractivity contribution in [1.82, 2.24) is 9.78 Å². The molecule has 0 unspecified atom stereocenters. The Morgan fingerprint density at radius 2 is 1.62 bits per heavy atom. The smallest absolute Gasteiger partial charge is 0.155 e. The average Bonchev–Trinajstić information content (AvgIpc) is 2.86. The summed E-state index contributed by atoms with van der Waals surface area (Å²) >= 11 is 3.08. The van der Waals surface area contributed by atoms with E-state index < -0.39 is 23.3 Å². The average molecular weight is 399 g/mol. The second-order valence-electron chi connectivity index (χ2n) is 4.80. The van der Waals surface area contributed by atoms with Gasteiger partial charge < -0.3 is 0 Å². The maximum Gasteiger partial charge on any atom is 0.155 e. The molecule has 0 N–H and O–H groups in total. The van der Waals surface area contributed by atoms with Crippen molar-refractivity contribution in [2.45, 2.75) is 0 Å². The van der Waals surface area contributed by atoms with E-state index >= 15 is 0 Å². The number of benzene rings is 2. The second-order valence-corrected chi connectivity index (χ2v) is 5.55. The summed E-state index contributed by atoms with van der Waals surface area (Å²) < 4.78 is 55.4. The molecule has 0 amide bonds. The lowest BCUT2D eigenvalue weighted by Crippen LogP contribution is -2.01. The molecule has 0 saturated carbocycles. The third-order valence-electron chi connectivity index (χ3n) is 3.30. The van der Waals surface area contributed by atoms with Crippen LogP contribution in [0.4, 0.5) is 17.6 Å². The number of nitrogens with zero attached hydrogens (tertiary/aromatic N) is 2. The van der Waals surface area contributed by atoms with Gasteiger partial charge in [-0.2, -0.15) is 5.10 Å². The minimum atomic E-state index is -0.929. The van der Waals surface area contributed by atoms with E-state index in [1.807, 2.05) is 0 Å². The van der Waals surface area contributed by atoms with Crippen molar-refractivity contribution in [3.05, 3.63) is 69.8 Å². The van der Waals surface area contributed by atoms with Crippen molar-refractivity contribution in [3.63, 3.8) is 0 Å². The van der Waals surface area contributed by atoms with E-state index in [0.29, 0.717) is 12.4 Å². The standard InChI is InChI=1S/C16H7BrF4N2O/c17-16-11(7-24)15(10-5-8(18)1-3-12(10)20)22-23(16)14-4-2-9(19)6-13(14)21/h1-7H. The lowest BCUT2D eigenvalue weighted by Gasteiger charge is -2.05. The van der Waals surface area contributed by atoms with Crippen LogP contribution in [0.2, 0.25) is 0 Å². The SMILES string of the molecule is O=Cc1c(-c2cc(F)ccc2F)nn(-c2ccc(F)cc2F)c1Br. The summed E-state index contributed by atoms with van der Waals surface area (Å²) in [5, 5.41) is 3.98. The Morgan fingerprint density at radius 1 is 0.958 bits per heavy atom. The van der Waals surface area contributed by atoms with Gasteiger partial charge in [0.05, 0.1) is 5.56 Å². The Hall–Kier alpha value is -2.48. The van der Waals surface area contributed by atoms with Gasteiger partial charge in [0.2, 0.25) is 0 Å². The number of hydrogen-bond donors (Lipinski definition) is 0. The fraction of sp³-hybridized carbons (Fsp3) is 0. The van der Waals surface area contributed by atoms with Gasteiger partial charge in [-0.15, -0.1) is 0 Å². The zero-order valence-corrected chi connectivity index (χ0v) is 13.3. The molecule has 0 radical (unpaired) electrons. The summed E-state index contributed by atoms with van der Waals surface area (Å²) in [4.78, 5) is 11.3. The highest BCUT2D eigenvalue weighted by molar-refractivity contribution is 9.10. The molecule has 0 aliphatic carbocycles. The van der Waals surface area contributed by atoms with Crippen molar-refractivity contribution in [2.75, 3.05) is 0 Å². The van der Waals surface area contributed by atoms with E-state index in [9.17, 15) is 22.4 Å². The lowest BCUT2D eigenvalue weighted by atomic mass is 10.1. The van der Waals surface area contributed by atoms with Crippen molar-refractivity contribution < 1.29 is 22.4 Å². The topological polar surface area (TPSA) is 34.9 Å². The predicted octanol–water partition coefficient (Wildman–Crippen LogP) is 4.67. The molecule has 0 aliphatic heterocycles. The molecule has 0 atom stereocenters. The van der Waals surface area contributed by atoms with Crippen molar-refractivity contribution in [3.8, 4) is 16.9 Å². The molecule has 0 aliphatic rings. The van der Waals surface area contributed by atoms with E-state index in [4.69, 9.17) is 0 Å². The Kier molecular flexibility index (Phi) is 4.23. The van der Waals surface area contributed by atoms with Crippen LogP contribution in [0.5, 0.6) is 0 Å². The zero-order valence-electron chi connectivity index (χ0n) is 11.7. The van der Waals surface area contributed by atoms with Gasteiger partial charge in [-0.1, -0.05) is 0 Å². The fourth-order valence-electron chi connectivity index (χ4n) is 2.20. The van der Waals surface area contributed by atoms with E-state index in [0.717, 1.165) is 35.0 Å². The van der Waals surface area contributed by atoms with Gasteiger partial charge in [0.1, 0.15) is 33.4 Å². The molecule has 8 heteroatoms. The van der Waals surface area contributed by atoms with Crippen LogP contribution in [0.15, 0.2) is 41.0 Å². The van der Waals surface area contributed by atoms with Crippen LogP contribution < -0.4 is 0 Å². The Morgan fingerprint density at radius 3 is 2.29 bits per heavy atom. The zero-order chi connectivity index (χ0) is 17.4. The number of hydrogen-bond acceptors (Lipinski definition) is 2. The Labute approximate surface area is 141 Å². The number of carbonyl (C=O) groups is 1. The van der Waals surface area contributed by atoms with Gasteiger partial charge in [-0.05, 0) is 46.3 Å². The van der Waals surface area contributed by atoms with Crippen LogP contribution in [0, 0.1) is 23.3 Å². The molecule has 0 saturated heterocycles. The van der Waals surface area contributed by atoms with E-state index in [1.54, 1.807) is 0 Å². The highest BCUT2D eigenvalue weighted by Gasteiger charge is 2.22. The van der Waals surface area contributed by atoms with Crippen LogP contribution in [0.25, 0.3) is 16.9 Å². The minimum Gasteiger partial charge on any atom is -0.298 e. The van der Waals surface area contributed by atoms with Gasteiger partial charge in [0, 0.05) is 11.6 Å². The molecule has 122 valence electrons. The maximum absolute atomic E-state index is 14.0. The first kappa shape index (κ1) is 16.4. The summed E-state index contributed by atoms with van der Waals surface area (Å²) in [6.45, 7) is 0. The molecule has 1 heterocycles. The highest BCUT2D eigenvalue weighted by Crippen LogP contribution is 2.32. The quantitative estimate of drug-likeness (QED) is 0.474. The summed E-state index contributed by atoms with van der Waals surface area (Å²) in [6, 6.07) is 5.46. The summed E-state index contributed by atoms with van der Waals surface area (Å²) in [7, 11) is 0. The normalized spacial score (nSPS) is 10.9. The molecule has 24 heavy (non-hydrogen) atoms. The fourth-order valence-corrected chi connectivity index (χ4v) is 2.76. The monoisotopic (exact) mass is 398 g/mol. The molecule has 0 bridgehead atoms. The molecule has 3 aromatic rings. The largest absolute Gasteiger partial charge is 0.298 e. The molecule has 1 aromatic heterocycles. The lowest BCUT2D eigenvalue weighted by molar-refractivity contribution is 0.112. The van der Waals surface area contributed by atoms with Gasteiger partial charge in [-0.25, -0.2) is 22.2 Å². The van der Waals surface area contributed by atoms with Crippen LogP contribution in [-0.2, 0) is 0 Å². The predicted molar refractivity (Wildman–Crippen MR) is 81.9 cm³/mol. The molecule has 3 nitrogen and oxygen atoms in total.